The quantitative estimate of drug-likeness (QED) is 0.568. The van der Waals surface area contributed by atoms with Crippen LogP contribution in [0.3, 0.4) is 0 Å². The van der Waals surface area contributed by atoms with Crippen molar-refractivity contribution in [2.75, 3.05) is 13.1 Å². The van der Waals surface area contributed by atoms with Gasteiger partial charge in [-0.15, -0.1) is 0 Å². The third-order valence-corrected chi connectivity index (χ3v) is 5.60. The lowest BCUT2D eigenvalue weighted by atomic mass is 10.0. The van der Waals surface area contributed by atoms with Crippen LogP contribution in [-0.4, -0.2) is 37.2 Å². The Kier molecular flexibility index (Phi) is 4.16. The molecule has 7 nitrogen and oxygen atoms in total. The number of benzene rings is 1. The van der Waals surface area contributed by atoms with Crippen LogP contribution >= 0.6 is 0 Å². The lowest BCUT2D eigenvalue weighted by Crippen LogP contribution is -2.34. The van der Waals surface area contributed by atoms with Gasteiger partial charge < -0.3 is 5.32 Å². The number of aromatic nitrogens is 5. The summed E-state index contributed by atoms with van der Waals surface area (Å²) in [4.78, 5) is 21.7. The van der Waals surface area contributed by atoms with Crippen molar-refractivity contribution in [3.05, 3.63) is 58.2 Å². The number of halogens is 1. The van der Waals surface area contributed by atoms with Crippen molar-refractivity contribution in [3.63, 3.8) is 0 Å². The molecule has 1 saturated heterocycles. The minimum atomic E-state index is -0.528. The van der Waals surface area contributed by atoms with Gasteiger partial charge in [0.25, 0.3) is 5.56 Å². The molecule has 4 heterocycles. The average Bonchev–Trinajstić information content (AvgIpc) is 3.10. The number of nitrogens with zero attached hydrogens (tertiary/aromatic N) is 5. The van der Waals surface area contributed by atoms with Gasteiger partial charge in [-0.1, -0.05) is 0 Å². The van der Waals surface area contributed by atoms with Crippen molar-refractivity contribution >= 4 is 16.6 Å². The van der Waals surface area contributed by atoms with Crippen molar-refractivity contribution in [3.8, 4) is 11.3 Å². The molecule has 0 spiro atoms. The molecule has 4 aromatic rings. The highest BCUT2D eigenvalue weighted by Gasteiger charge is 2.20. The Bertz CT molecular complexity index is 1300. The maximum absolute atomic E-state index is 15.4. The highest BCUT2D eigenvalue weighted by Crippen LogP contribution is 2.27. The predicted molar refractivity (Wildman–Crippen MR) is 109 cm³/mol. The zero-order chi connectivity index (χ0) is 20.1. The Balaban J connectivity index is 1.65. The van der Waals surface area contributed by atoms with E-state index in [1.807, 2.05) is 19.9 Å². The molecule has 1 fully saturated rings. The molecule has 0 saturated carbocycles. The summed E-state index contributed by atoms with van der Waals surface area (Å²) in [6, 6.07) is 5.17. The number of hydrogen-bond acceptors (Lipinski definition) is 5. The molecular weight excluding hydrogens is 371 g/mol. The highest BCUT2D eigenvalue weighted by molar-refractivity contribution is 5.84. The largest absolute Gasteiger partial charge is 0.317 e. The van der Waals surface area contributed by atoms with Gasteiger partial charge in [-0.3, -0.25) is 9.36 Å². The first-order valence-electron chi connectivity index (χ1n) is 9.77. The van der Waals surface area contributed by atoms with Crippen LogP contribution in [0.5, 0.6) is 0 Å². The van der Waals surface area contributed by atoms with Crippen molar-refractivity contribution in [2.45, 2.75) is 32.7 Å². The number of piperidine rings is 1. The van der Waals surface area contributed by atoms with Crippen LogP contribution in [0.25, 0.3) is 27.8 Å². The first-order chi connectivity index (χ1) is 14.0. The maximum atomic E-state index is 15.4. The maximum Gasteiger partial charge on any atom is 0.261 e. The van der Waals surface area contributed by atoms with Crippen molar-refractivity contribution < 1.29 is 4.39 Å². The Morgan fingerprint density at radius 1 is 1.21 bits per heavy atom. The monoisotopic (exact) mass is 392 g/mol. The topological polar surface area (TPSA) is 77.1 Å². The predicted octanol–water partition coefficient (Wildman–Crippen LogP) is 2.79. The van der Waals surface area contributed by atoms with E-state index < -0.39 is 5.82 Å². The van der Waals surface area contributed by atoms with E-state index in [-0.39, 0.29) is 17.1 Å². The van der Waals surface area contributed by atoms with Crippen LogP contribution in [0.1, 0.15) is 30.1 Å². The number of nitrogens with one attached hydrogen (secondary N) is 1. The van der Waals surface area contributed by atoms with Crippen LogP contribution < -0.4 is 10.9 Å². The summed E-state index contributed by atoms with van der Waals surface area (Å²) in [6.07, 6.45) is 5.01. The molecule has 0 unspecified atom stereocenters. The zero-order valence-electron chi connectivity index (χ0n) is 16.3. The normalized spacial score (nSPS) is 15.4. The minimum absolute atomic E-state index is 0.0825. The summed E-state index contributed by atoms with van der Waals surface area (Å²) in [5, 5.41) is 8.08. The third kappa shape index (κ3) is 2.91. The Labute approximate surface area is 166 Å². The van der Waals surface area contributed by atoms with Gasteiger partial charge >= 0.3 is 0 Å². The van der Waals surface area contributed by atoms with Crippen LogP contribution in [0.15, 0.2) is 35.5 Å². The lowest BCUT2D eigenvalue weighted by Gasteiger charge is -2.24. The molecule has 148 valence electrons. The van der Waals surface area contributed by atoms with E-state index in [0.29, 0.717) is 16.6 Å². The summed E-state index contributed by atoms with van der Waals surface area (Å²) in [7, 11) is 0. The molecule has 0 radical (unpaired) electrons. The van der Waals surface area contributed by atoms with Crippen LogP contribution in [0.2, 0.25) is 0 Å². The van der Waals surface area contributed by atoms with Crippen LogP contribution in [-0.2, 0) is 0 Å². The fourth-order valence-electron chi connectivity index (χ4n) is 4.09. The summed E-state index contributed by atoms with van der Waals surface area (Å²) < 4.78 is 18.7. The Morgan fingerprint density at radius 2 is 2.00 bits per heavy atom. The van der Waals surface area contributed by atoms with Gasteiger partial charge in [0.2, 0.25) is 0 Å². The number of hydrogen-bond donors (Lipinski definition) is 1. The second kappa shape index (κ2) is 6.73. The third-order valence-electron chi connectivity index (χ3n) is 5.60. The number of fused-ring (bicyclic) bond motifs is 2. The van der Waals surface area contributed by atoms with Crippen LogP contribution in [0, 0.1) is 19.7 Å². The summed E-state index contributed by atoms with van der Waals surface area (Å²) in [5.74, 6) is -0.528. The molecule has 3 aromatic heterocycles. The Hall–Kier alpha value is -3.13. The van der Waals surface area contributed by atoms with E-state index in [1.165, 1.54) is 6.33 Å². The molecular formula is C21H21FN6O. The molecule has 1 N–H and O–H groups in total. The molecule has 1 aliphatic rings. The van der Waals surface area contributed by atoms with E-state index in [2.05, 4.69) is 20.4 Å². The smallest absolute Gasteiger partial charge is 0.261 e. The molecule has 0 aliphatic carbocycles. The summed E-state index contributed by atoms with van der Waals surface area (Å²) >= 11 is 0. The van der Waals surface area contributed by atoms with Crippen molar-refractivity contribution in [2.24, 2.45) is 0 Å². The van der Waals surface area contributed by atoms with E-state index in [1.54, 1.807) is 27.4 Å². The van der Waals surface area contributed by atoms with E-state index in [0.717, 1.165) is 42.8 Å². The van der Waals surface area contributed by atoms with E-state index >= 15 is 4.39 Å². The number of rotatable bonds is 2. The summed E-state index contributed by atoms with van der Waals surface area (Å²) in [6.45, 7) is 5.54. The van der Waals surface area contributed by atoms with E-state index in [4.69, 9.17) is 0 Å². The SMILES string of the molecule is Cc1cn2nc(-c3ccc4c(=O)n(C5CCNCC5)cnc4c3F)cc(C)c2n1. The molecule has 0 atom stereocenters. The van der Waals surface area contributed by atoms with Crippen LogP contribution in [0.4, 0.5) is 4.39 Å². The zero-order valence-corrected chi connectivity index (χ0v) is 16.3. The van der Waals surface area contributed by atoms with Gasteiger partial charge in [-0.2, -0.15) is 5.10 Å². The first kappa shape index (κ1) is 17.9. The second-order valence-electron chi connectivity index (χ2n) is 7.62. The van der Waals surface area contributed by atoms with Crippen molar-refractivity contribution in [1.82, 2.24) is 29.5 Å². The van der Waals surface area contributed by atoms with Gasteiger partial charge in [-0.25, -0.2) is 18.9 Å². The molecule has 8 heteroatoms. The van der Waals surface area contributed by atoms with Gasteiger partial charge in [0.05, 0.1) is 29.3 Å². The van der Waals surface area contributed by atoms with Gasteiger partial charge in [-0.05, 0) is 63.5 Å². The lowest BCUT2D eigenvalue weighted by molar-refractivity contribution is 0.359. The fraction of sp³-hybridized carbons (Fsp3) is 0.333. The standard InChI is InChI=1S/C21H21FN6O/c1-12-9-17(26-28-10-13(2)25-20(12)28)15-3-4-16-19(18(15)22)24-11-27(21(16)29)14-5-7-23-8-6-14/h3-4,9-11,14,23H,5-8H2,1-2H3. The van der Waals surface area contributed by atoms with Gasteiger partial charge in [0.1, 0.15) is 5.52 Å². The summed E-state index contributed by atoms with van der Waals surface area (Å²) in [5.41, 5.74) is 3.18. The fourth-order valence-corrected chi connectivity index (χ4v) is 4.09. The Morgan fingerprint density at radius 3 is 2.79 bits per heavy atom. The molecule has 1 aromatic carbocycles. The van der Waals surface area contributed by atoms with Gasteiger partial charge in [0.15, 0.2) is 11.5 Å². The molecule has 5 rings (SSSR count). The second-order valence-corrected chi connectivity index (χ2v) is 7.62. The average molecular weight is 392 g/mol. The first-order valence-corrected chi connectivity index (χ1v) is 9.77. The molecule has 1 aliphatic heterocycles. The molecule has 0 bridgehead atoms. The van der Waals surface area contributed by atoms with Crippen molar-refractivity contribution in [1.29, 1.82) is 0 Å². The van der Waals surface area contributed by atoms with Gasteiger partial charge in [0, 0.05) is 11.6 Å². The molecule has 29 heavy (non-hydrogen) atoms. The minimum Gasteiger partial charge on any atom is -0.317 e. The van der Waals surface area contributed by atoms with E-state index in [9.17, 15) is 4.79 Å². The molecule has 0 amide bonds. The number of imidazole rings is 1. The highest BCUT2D eigenvalue weighted by atomic mass is 19.1. The number of aryl methyl sites for hydroxylation is 2.